The van der Waals surface area contributed by atoms with Crippen molar-refractivity contribution in [2.45, 2.75) is 0 Å². The smallest absolute Gasteiger partial charge is 0.312 e. The van der Waals surface area contributed by atoms with Gasteiger partial charge in [0.05, 0.1) is 33.0 Å². The van der Waals surface area contributed by atoms with Crippen molar-refractivity contribution < 1.29 is 19.1 Å². The summed E-state index contributed by atoms with van der Waals surface area (Å²) in [5.74, 6) is -0.206. The molecule has 8 heteroatoms. The van der Waals surface area contributed by atoms with E-state index in [4.69, 9.17) is 20.9 Å². The van der Waals surface area contributed by atoms with E-state index >= 15 is 0 Å². The highest BCUT2D eigenvalue weighted by Gasteiger charge is 1.95. The van der Waals surface area contributed by atoms with Gasteiger partial charge < -0.3 is 31.6 Å². The highest BCUT2D eigenvalue weighted by molar-refractivity contribution is 5.77. The van der Waals surface area contributed by atoms with Gasteiger partial charge >= 0.3 is 6.03 Å². The third-order valence-corrected chi connectivity index (χ3v) is 1.67. The standard InChI is InChI=1S/C9H20N4O4/c10-7-8(14)12-1-3-16-5-6-17-4-2-13-9(11)15/h1-7,10H2,(H,12,14)(H3,11,13,15). The molecule has 0 bridgehead atoms. The molecule has 0 saturated carbocycles. The van der Waals surface area contributed by atoms with Gasteiger partial charge in [0.2, 0.25) is 5.91 Å². The van der Waals surface area contributed by atoms with Gasteiger partial charge in [-0.2, -0.15) is 0 Å². The fourth-order valence-electron chi connectivity index (χ4n) is 0.903. The van der Waals surface area contributed by atoms with E-state index in [0.29, 0.717) is 39.5 Å². The maximum atomic E-state index is 10.7. The summed E-state index contributed by atoms with van der Waals surface area (Å²) in [6.07, 6.45) is 0. The predicted molar refractivity (Wildman–Crippen MR) is 61.3 cm³/mol. The van der Waals surface area contributed by atoms with Crippen LogP contribution in [0.5, 0.6) is 0 Å². The second-order valence-corrected chi connectivity index (χ2v) is 3.07. The number of carbonyl (C=O) groups excluding carboxylic acids is 2. The van der Waals surface area contributed by atoms with Gasteiger partial charge in [-0.1, -0.05) is 0 Å². The first-order valence-electron chi connectivity index (χ1n) is 5.32. The van der Waals surface area contributed by atoms with E-state index in [0.717, 1.165) is 0 Å². The molecule has 0 aliphatic rings. The van der Waals surface area contributed by atoms with Crippen LogP contribution in [0.25, 0.3) is 0 Å². The third-order valence-electron chi connectivity index (χ3n) is 1.67. The van der Waals surface area contributed by atoms with Crippen LogP contribution in [-0.2, 0) is 14.3 Å². The monoisotopic (exact) mass is 248 g/mol. The zero-order valence-electron chi connectivity index (χ0n) is 9.74. The summed E-state index contributed by atoms with van der Waals surface area (Å²) in [6.45, 7) is 2.43. The number of carbonyl (C=O) groups is 2. The lowest BCUT2D eigenvalue weighted by atomic mass is 10.5. The molecule has 0 fully saturated rings. The molecule has 3 amide bonds. The van der Waals surface area contributed by atoms with Crippen LogP contribution < -0.4 is 22.1 Å². The number of amides is 3. The highest BCUT2D eigenvalue weighted by atomic mass is 16.5. The van der Waals surface area contributed by atoms with Crippen LogP contribution in [0.15, 0.2) is 0 Å². The third kappa shape index (κ3) is 12.6. The summed E-state index contributed by atoms with van der Waals surface area (Å²) in [7, 11) is 0. The Kier molecular flexibility index (Phi) is 10.2. The van der Waals surface area contributed by atoms with Crippen LogP contribution in [0.2, 0.25) is 0 Å². The van der Waals surface area contributed by atoms with E-state index in [1.54, 1.807) is 0 Å². The highest BCUT2D eigenvalue weighted by Crippen LogP contribution is 1.78. The Morgan fingerprint density at radius 1 is 0.941 bits per heavy atom. The van der Waals surface area contributed by atoms with Gasteiger partial charge in [-0.15, -0.1) is 0 Å². The van der Waals surface area contributed by atoms with Crippen molar-refractivity contribution in [2.24, 2.45) is 11.5 Å². The number of urea groups is 1. The second-order valence-electron chi connectivity index (χ2n) is 3.07. The molecule has 0 saturated heterocycles. The fraction of sp³-hybridized carbons (Fsp3) is 0.778. The van der Waals surface area contributed by atoms with Gasteiger partial charge in [-0.25, -0.2) is 4.79 Å². The molecule has 0 atom stereocenters. The van der Waals surface area contributed by atoms with Crippen molar-refractivity contribution in [3.63, 3.8) is 0 Å². The molecule has 6 N–H and O–H groups in total. The molecular formula is C9H20N4O4. The lowest BCUT2D eigenvalue weighted by molar-refractivity contribution is -0.119. The van der Waals surface area contributed by atoms with Crippen LogP contribution in [0, 0.1) is 0 Å². The summed E-state index contributed by atoms with van der Waals surface area (Å²) >= 11 is 0. The first-order valence-corrected chi connectivity index (χ1v) is 5.32. The lowest BCUT2D eigenvalue weighted by Gasteiger charge is -2.06. The average molecular weight is 248 g/mol. The number of nitrogens with one attached hydrogen (secondary N) is 2. The minimum absolute atomic E-state index is 0.0179. The number of rotatable bonds is 10. The normalized spacial score (nSPS) is 9.94. The van der Waals surface area contributed by atoms with Crippen molar-refractivity contribution in [1.82, 2.24) is 10.6 Å². The quantitative estimate of drug-likeness (QED) is 0.325. The number of ether oxygens (including phenoxy) is 2. The van der Waals surface area contributed by atoms with Gasteiger partial charge in [0.25, 0.3) is 0 Å². The van der Waals surface area contributed by atoms with Gasteiger partial charge in [0, 0.05) is 13.1 Å². The molecule has 0 aromatic heterocycles. The molecule has 17 heavy (non-hydrogen) atoms. The van der Waals surface area contributed by atoms with Crippen molar-refractivity contribution in [3.05, 3.63) is 0 Å². The average Bonchev–Trinajstić information content (AvgIpc) is 2.30. The summed E-state index contributed by atoms with van der Waals surface area (Å²) in [5.41, 5.74) is 9.94. The van der Waals surface area contributed by atoms with Crippen LogP contribution in [0.4, 0.5) is 4.79 Å². The number of primary amides is 1. The first kappa shape index (κ1) is 15.6. The summed E-state index contributed by atoms with van der Waals surface area (Å²) in [6, 6.07) is -0.569. The Morgan fingerprint density at radius 2 is 1.47 bits per heavy atom. The van der Waals surface area contributed by atoms with E-state index in [1.807, 2.05) is 0 Å². The van der Waals surface area contributed by atoms with Crippen LogP contribution >= 0.6 is 0 Å². The maximum absolute atomic E-state index is 10.7. The van der Waals surface area contributed by atoms with Gasteiger partial charge in [-0.3, -0.25) is 4.79 Å². The Bertz CT molecular complexity index is 225. The second kappa shape index (κ2) is 11.1. The molecule has 0 aromatic carbocycles. The molecule has 0 rings (SSSR count). The van der Waals surface area contributed by atoms with E-state index in [-0.39, 0.29) is 12.5 Å². The van der Waals surface area contributed by atoms with Crippen molar-refractivity contribution >= 4 is 11.9 Å². The molecule has 0 unspecified atom stereocenters. The minimum atomic E-state index is -0.569. The first-order chi connectivity index (χ1) is 8.16. The van der Waals surface area contributed by atoms with Crippen LogP contribution in [0.1, 0.15) is 0 Å². The molecular weight excluding hydrogens is 228 g/mol. The fourth-order valence-corrected chi connectivity index (χ4v) is 0.903. The summed E-state index contributed by atoms with van der Waals surface area (Å²) in [5, 5.41) is 4.95. The minimum Gasteiger partial charge on any atom is -0.377 e. The molecule has 0 heterocycles. The van der Waals surface area contributed by atoms with Gasteiger partial charge in [0.1, 0.15) is 0 Å². The molecule has 0 aliphatic carbocycles. The van der Waals surface area contributed by atoms with E-state index in [2.05, 4.69) is 10.6 Å². The molecule has 100 valence electrons. The largest absolute Gasteiger partial charge is 0.377 e. The van der Waals surface area contributed by atoms with Crippen molar-refractivity contribution in [3.8, 4) is 0 Å². The molecule has 0 radical (unpaired) electrons. The van der Waals surface area contributed by atoms with Crippen molar-refractivity contribution in [1.29, 1.82) is 0 Å². The Hall–Kier alpha value is -1.38. The van der Waals surface area contributed by atoms with Gasteiger partial charge in [-0.05, 0) is 0 Å². The van der Waals surface area contributed by atoms with E-state index < -0.39 is 6.03 Å². The zero-order chi connectivity index (χ0) is 12.9. The number of nitrogens with two attached hydrogens (primary N) is 2. The number of hydrogen-bond acceptors (Lipinski definition) is 5. The molecule has 0 aromatic rings. The molecule has 0 spiro atoms. The maximum Gasteiger partial charge on any atom is 0.312 e. The van der Waals surface area contributed by atoms with Crippen LogP contribution in [-0.4, -0.2) is 58.0 Å². The topological polar surface area (TPSA) is 129 Å². The van der Waals surface area contributed by atoms with E-state index in [9.17, 15) is 9.59 Å². The van der Waals surface area contributed by atoms with Gasteiger partial charge in [0.15, 0.2) is 0 Å². The molecule has 8 nitrogen and oxygen atoms in total. The summed E-state index contributed by atoms with van der Waals surface area (Å²) < 4.78 is 10.3. The lowest BCUT2D eigenvalue weighted by Crippen LogP contribution is -2.33. The Morgan fingerprint density at radius 3 is 1.94 bits per heavy atom. The summed E-state index contributed by atoms with van der Waals surface area (Å²) in [4.78, 5) is 21.0. The zero-order valence-corrected chi connectivity index (χ0v) is 9.74. The van der Waals surface area contributed by atoms with Crippen molar-refractivity contribution in [2.75, 3.05) is 46.1 Å². The predicted octanol–water partition coefficient (Wildman–Crippen LogP) is -2.24. The SMILES string of the molecule is NCC(=O)NCCOCCOCCNC(N)=O. The van der Waals surface area contributed by atoms with E-state index in [1.165, 1.54) is 0 Å². The Labute approximate surface area is 100.0 Å². The Balaban J connectivity index is 3.03. The molecule has 0 aliphatic heterocycles. The van der Waals surface area contributed by atoms with Crippen LogP contribution in [0.3, 0.4) is 0 Å². The number of hydrogen-bond donors (Lipinski definition) is 4.